The molecule has 2 aromatic rings. The van der Waals surface area contributed by atoms with Gasteiger partial charge in [-0.2, -0.15) is 5.26 Å². The molecule has 0 aliphatic carbocycles. The molecule has 0 aliphatic rings. The number of hydrogen-bond donors (Lipinski definition) is 0. The van der Waals surface area contributed by atoms with Crippen molar-refractivity contribution in [2.75, 3.05) is 6.54 Å². The van der Waals surface area contributed by atoms with E-state index in [-0.39, 0.29) is 12.3 Å². The summed E-state index contributed by atoms with van der Waals surface area (Å²) in [6.07, 6.45) is 2.14. The summed E-state index contributed by atoms with van der Waals surface area (Å²) in [5.74, 6) is 0.674. The summed E-state index contributed by atoms with van der Waals surface area (Å²) in [4.78, 5) is 18.2. The van der Waals surface area contributed by atoms with Crippen LogP contribution in [0.25, 0.3) is 0 Å². The van der Waals surface area contributed by atoms with Crippen LogP contribution in [0, 0.1) is 18.3 Å². The Balaban J connectivity index is 2.01. The number of carbonyl (C=O) groups is 1. The molecule has 104 valence electrons. The van der Waals surface area contributed by atoms with E-state index in [9.17, 15) is 4.79 Å². The Labute approximate surface area is 121 Å². The van der Waals surface area contributed by atoms with Crippen LogP contribution in [0.1, 0.15) is 22.9 Å². The number of amides is 1. The summed E-state index contributed by atoms with van der Waals surface area (Å²) in [5.41, 5.74) is 0.777. The predicted molar refractivity (Wildman–Crippen MR) is 74.9 cm³/mol. The quantitative estimate of drug-likeness (QED) is 0.819. The second-order valence-electron chi connectivity index (χ2n) is 4.34. The molecule has 2 heterocycles. The van der Waals surface area contributed by atoms with E-state index in [4.69, 9.17) is 9.68 Å². The number of furan rings is 1. The Morgan fingerprint density at radius 1 is 1.60 bits per heavy atom. The normalized spacial score (nSPS) is 10.2. The highest BCUT2D eigenvalue weighted by Crippen LogP contribution is 2.12. The van der Waals surface area contributed by atoms with E-state index in [1.807, 2.05) is 18.4 Å². The van der Waals surface area contributed by atoms with Crippen LogP contribution < -0.4 is 0 Å². The molecular weight excluding hydrogens is 274 g/mol. The maximum atomic E-state index is 12.3. The number of rotatable bonds is 6. The Morgan fingerprint density at radius 3 is 3.05 bits per heavy atom. The summed E-state index contributed by atoms with van der Waals surface area (Å²) in [7, 11) is 0. The van der Waals surface area contributed by atoms with Gasteiger partial charge >= 0.3 is 0 Å². The fourth-order valence-electron chi connectivity index (χ4n) is 1.82. The minimum Gasteiger partial charge on any atom is -0.467 e. The van der Waals surface area contributed by atoms with Crippen LogP contribution >= 0.6 is 11.3 Å². The molecule has 1 amide bonds. The Kier molecular flexibility index (Phi) is 4.91. The number of nitriles is 1. The van der Waals surface area contributed by atoms with Crippen LogP contribution in [-0.2, 0) is 17.8 Å². The molecule has 2 aromatic heterocycles. The van der Waals surface area contributed by atoms with Crippen LogP contribution in [0.4, 0.5) is 0 Å². The topological polar surface area (TPSA) is 70.1 Å². The third-order valence-corrected chi connectivity index (χ3v) is 3.59. The van der Waals surface area contributed by atoms with Crippen molar-refractivity contribution in [3.8, 4) is 6.07 Å². The fourth-order valence-corrected chi connectivity index (χ4v) is 2.44. The van der Waals surface area contributed by atoms with Gasteiger partial charge in [0.15, 0.2) is 0 Å². The van der Waals surface area contributed by atoms with Crippen LogP contribution in [0.15, 0.2) is 28.2 Å². The average Bonchev–Trinajstić information content (AvgIpc) is 3.06. The number of aryl methyl sites for hydroxylation is 1. The molecule has 0 fully saturated rings. The van der Waals surface area contributed by atoms with Crippen molar-refractivity contribution in [1.29, 1.82) is 5.26 Å². The van der Waals surface area contributed by atoms with Crippen molar-refractivity contribution in [1.82, 2.24) is 9.88 Å². The smallest absolute Gasteiger partial charge is 0.229 e. The highest BCUT2D eigenvalue weighted by molar-refractivity contribution is 7.09. The molecule has 0 unspecified atom stereocenters. The van der Waals surface area contributed by atoms with Gasteiger partial charge in [-0.05, 0) is 19.1 Å². The molecule has 0 saturated carbocycles. The second-order valence-corrected chi connectivity index (χ2v) is 5.40. The molecule has 5 nitrogen and oxygen atoms in total. The van der Waals surface area contributed by atoms with Gasteiger partial charge in [-0.1, -0.05) is 0 Å². The van der Waals surface area contributed by atoms with Crippen molar-refractivity contribution in [2.45, 2.75) is 26.3 Å². The van der Waals surface area contributed by atoms with E-state index < -0.39 is 0 Å². The van der Waals surface area contributed by atoms with Gasteiger partial charge in [0.05, 0.1) is 42.4 Å². The van der Waals surface area contributed by atoms with Gasteiger partial charge in [0.2, 0.25) is 5.91 Å². The van der Waals surface area contributed by atoms with E-state index in [1.165, 1.54) is 11.3 Å². The van der Waals surface area contributed by atoms with Crippen LogP contribution in [-0.4, -0.2) is 22.3 Å². The number of nitrogens with zero attached hydrogens (tertiary/aromatic N) is 3. The molecule has 0 bridgehead atoms. The Morgan fingerprint density at radius 2 is 2.45 bits per heavy atom. The van der Waals surface area contributed by atoms with E-state index in [0.717, 1.165) is 10.7 Å². The van der Waals surface area contributed by atoms with E-state index >= 15 is 0 Å². The van der Waals surface area contributed by atoms with Crippen molar-refractivity contribution in [3.05, 3.63) is 40.2 Å². The summed E-state index contributed by atoms with van der Waals surface area (Å²) in [5, 5.41) is 11.5. The lowest BCUT2D eigenvalue weighted by molar-refractivity contribution is -0.131. The summed E-state index contributed by atoms with van der Waals surface area (Å²) in [6.45, 7) is 2.70. The third kappa shape index (κ3) is 3.93. The average molecular weight is 289 g/mol. The SMILES string of the molecule is Cc1nc(CC(=O)N(CCC#N)Cc2ccco2)cs1. The molecule has 0 spiro atoms. The first kappa shape index (κ1) is 14.3. The lowest BCUT2D eigenvalue weighted by Gasteiger charge is -2.20. The number of hydrogen-bond acceptors (Lipinski definition) is 5. The zero-order valence-corrected chi connectivity index (χ0v) is 12.0. The first-order valence-electron chi connectivity index (χ1n) is 6.27. The van der Waals surface area contributed by atoms with Crippen molar-refractivity contribution < 1.29 is 9.21 Å². The highest BCUT2D eigenvalue weighted by atomic mass is 32.1. The minimum atomic E-state index is -0.0399. The highest BCUT2D eigenvalue weighted by Gasteiger charge is 2.16. The second kappa shape index (κ2) is 6.87. The molecule has 0 radical (unpaired) electrons. The van der Waals surface area contributed by atoms with Gasteiger partial charge in [-0.25, -0.2) is 4.98 Å². The van der Waals surface area contributed by atoms with Crippen LogP contribution in [0.2, 0.25) is 0 Å². The number of aromatic nitrogens is 1. The minimum absolute atomic E-state index is 0.0399. The largest absolute Gasteiger partial charge is 0.467 e. The van der Waals surface area contributed by atoms with Crippen LogP contribution in [0.3, 0.4) is 0 Å². The van der Waals surface area contributed by atoms with Gasteiger partial charge in [-0.3, -0.25) is 4.79 Å². The van der Waals surface area contributed by atoms with E-state index in [2.05, 4.69) is 11.1 Å². The van der Waals surface area contributed by atoms with Crippen LogP contribution in [0.5, 0.6) is 0 Å². The molecular formula is C14H15N3O2S. The fraction of sp³-hybridized carbons (Fsp3) is 0.357. The molecule has 0 saturated heterocycles. The molecule has 0 atom stereocenters. The Bertz CT molecular complexity index is 598. The molecule has 2 rings (SSSR count). The first-order chi connectivity index (χ1) is 9.69. The number of thiazole rings is 1. The molecule has 20 heavy (non-hydrogen) atoms. The van der Waals surface area contributed by atoms with Gasteiger partial charge in [-0.15, -0.1) is 11.3 Å². The predicted octanol–water partition coefficient (Wildman–Crippen LogP) is 2.53. The van der Waals surface area contributed by atoms with Crippen molar-refractivity contribution >= 4 is 17.2 Å². The van der Waals surface area contributed by atoms with Gasteiger partial charge in [0.1, 0.15) is 5.76 Å². The zero-order valence-electron chi connectivity index (χ0n) is 11.2. The maximum Gasteiger partial charge on any atom is 0.229 e. The Hall–Kier alpha value is -2.13. The van der Waals surface area contributed by atoms with Gasteiger partial charge in [0.25, 0.3) is 0 Å². The van der Waals surface area contributed by atoms with Gasteiger partial charge in [0, 0.05) is 11.9 Å². The van der Waals surface area contributed by atoms with Crippen molar-refractivity contribution in [2.24, 2.45) is 0 Å². The van der Waals surface area contributed by atoms with Gasteiger partial charge < -0.3 is 9.32 Å². The zero-order chi connectivity index (χ0) is 14.4. The van der Waals surface area contributed by atoms with E-state index in [0.29, 0.717) is 25.3 Å². The standard InChI is InChI=1S/C14H15N3O2S/c1-11-16-12(10-20-11)8-14(18)17(6-3-5-15)9-13-4-2-7-19-13/h2,4,7,10H,3,6,8-9H2,1H3. The third-order valence-electron chi connectivity index (χ3n) is 2.77. The summed E-state index contributed by atoms with van der Waals surface area (Å²) < 4.78 is 5.26. The molecule has 0 N–H and O–H groups in total. The first-order valence-corrected chi connectivity index (χ1v) is 7.15. The van der Waals surface area contributed by atoms with Crippen molar-refractivity contribution in [3.63, 3.8) is 0 Å². The lowest BCUT2D eigenvalue weighted by Crippen LogP contribution is -2.32. The molecule has 0 aromatic carbocycles. The lowest BCUT2D eigenvalue weighted by atomic mass is 10.2. The number of carbonyl (C=O) groups excluding carboxylic acids is 1. The monoisotopic (exact) mass is 289 g/mol. The molecule has 6 heteroatoms. The molecule has 0 aliphatic heterocycles. The summed E-state index contributed by atoms with van der Waals surface area (Å²) >= 11 is 1.53. The van der Waals surface area contributed by atoms with E-state index in [1.54, 1.807) is 17.2 Å². The maximum absolute atomic E-state index is 12.3. The summed E-state index contributed by atoms with van der Waals surface area (Å²) in [6, 6.07) is 5.67.